The number of likely N-dealkylation sites (tertiary alicyclic amines) is 2. The smallest absolute Gasteiger partial charge is 0.267 e. The number of aliphatic hydroxyl groups is 1. The molecule has 4 heterocycles. The molecule has 9 heteroatoms. The molecule has 0 bridgehead atoms. The van der Waals surface area contributed by atoms with Crippen LogP contribution in [0, 0.1) is 0 Å². The van der Waals surface area contributed by atoms with E-state index in [1.54, 1.807) is 13.4 Å². The molecule has 1 amide bonds. The lowest BCUT2D eigenvalue weighted by Crippen LogP contribution is -2.47. The molecule has 9 nitrogen and oxygen atoms in total. The maximum atomic E-state index is 13.1. The summed E-state index contributed by atoms with van der Waals surface area (Å²) in [4.78, 5) is 21.3. The molecule has 2 saturated heterocycles. The molecule has 2 aromatic heterocycles. The number of amides is 1. The monoisotopic (exact) mass is 546 g/mol. The van der Waals surface area contributed by atoms with Crippen molar-refractivity contribution >= 4 is 27.8 Å². The van der Waals surface area contributed by atoms with E-state index >= 15 is 0 Å². The molecule has 0 radical (unpaired) electrons. The van der Waals surface area contributed by atoms with Crippen LogP contribution in [0.25, 0.3) is 21.9 Å². The Morgan fingerprint density at radius 3 is 2.45 bits per heavy atom. The van der Waals surface area contributed by atoms with E-state index in [-0.39, 0.29) is 18.1 Å². The highest BCUT2D eigenvalue weighted by atomic mass is 16.5. The minimum atomic E-state index is -0.125. The minimum absolute atomic E-state index is 0.0830. The number of nitrogens with one attached hydrogen (secondary N) is 2. The van der Waals surface area contributed by atoms with Crippen molar-refractivity contribution in [3.63, 3.8) is 0 Å². The third-order valence-corrected chi connectivity index (χ3v) is 8.33. The number of aromatic nitrogens is 1. The number of aromatic amines is 1. The van der Waals surface area contributed by atoms with Gasteiger partial charge in [0.25, 0.3) is 5.91 Å². The Morgan fingerprint density at radius 1 is 1.00 bits per heavy atom. The summed E-state index contributed by atoms with van der Waals surface area (Å²) in [5, 5.41) is 14.8. The Kier molecular flexibility index (Phi) is 7.95. The molecular formula is C31H38N4O5. The number of piperidine rings is 2. The van der Waals surface area contributed by atoms with Gasteiger partial charge in [0.1, 0.15) is 18.1 Å². The third-order valence-electron chi connectivity index (χ3n) is 8.33. The van der Waals surface area contributed by atoms with E-state index in [1.165, 1.54) is 0 Å². The van der Waals surface area contributed by atoms with Crippen LogP contribution in [0.3, 0.4) is 0 Å². The molecule has 212 valence electrons. The fourth-order valence-electron chi connectivity index (χ4n) is 5.88. The Hall–Kier alpha value is -3.53. The van der Waals surface area contributed by atoms with Crippen LogP contribution in [0.2, 0.25) is 0 Å². The van der Waals surface area contributed by atoms with E-state index in [0.29, 0.717) is 29.4 Å². The van der Waals surface area contributed by atoms with Gasteiger partial charge in [-0.25, -0.2) is 0 Å². The number of benzene rings is 2. The predicted octanol–water partition coefficient (Wildman–Crippen LogP) is 4.15. The molecule has 2 fully saturated rings. The quantitative estimate of drug-likeness (QED) is 0.290. The molecule has 0 aliphatic carbocycles. The fraction of sp³-hybridized carbons (Fsp3) is 0.452. The van der Waals surface area contributed by atoms with Crippen LogP contribution in [0.1, 0.15) is 41.7 Å². The number of hydrogen-bond donors (Lipinski definition) is 3. The average Bonchev–Trinajstić information content (AvgIpc) is 3.61. The number of fused-ring (bicyclic) bond motifs is 2. The van der Waals surface area contributed by atoms with E-state index in [2.05, 4.69) is 20.1 Å². The van der Waals surface area contributed by atoms with Crippen LogP contribution in [-0.4, -0.2) is 84.3 Å². The van der Waals surface area contributed by atoms with E-state index in [0.717, 1.165) is 86.8 Å². The van der Waals surface area contributed by atoms with Crippen molar-refractivity contribution in [3.05, 3.63) is 60.0 Å². The van der Waals surface area contributed by atoms with Gasteiger partial charge in [-0.2, -0.15) is 0 Å². The molecule has 0 unspecified atom stereocenters. The molecule has 40 heavy (non-hydrogen) atoms. The van der Waals surface area contributed by atoms with Gasteiger partial charge in [0.15, 0.2) is 11.3 Å². The summed E-state index contributed by atoms with van der Waals surface area (Å²) in [5.41, 5.74) is 3.04. The highest BCUT2D eigenvalue weighted by Crippen LogP contribution is 2.32. The van der Waals surface area contributed by atoms with Crippen LogP contribution < -0.4 is 14.8 Å². The van der Waals surface area contributed by atoms with E-state index < -0.39 is 0 Å². The van der Waals surface area contributed by atoms with E-state index in [9.17, 15) is 9.90 Å². The summed E-state index contributed by atoms with van der Waals surface area (Å²) in [7, 11) is 1.63. The van der Waals surface area contributed by atoms with E-state index in [1.807, 2.05) is 42.5 Å². The van der Waals surface area contributed by atoms with Crippen molar-refractivity contribution in [1.29, 1.82) is 0 Å². The predicted molar refractivity (Wildman–Crippen MR) is 154 cm³/mol. The molecule has 3 N–H and O–H groups in total. The molecular weight excluding hydrogens is 508 g/mol. The van der Waals surface area contributed by atoms with Crippen LogP contribution in [0.4, 0.5) is 0 Å². The standard InChI is InChI=1S/C31H38N4O5/c1-38-29-7-2-4-24-21(20-40-30(24)29)19-39-28-6-3-5-26-25(28)18-27(33-26)31(37)32-22-8-12-34(13-9-22)16-17-35-14-10-23(36)11-15-35/h2-7,18,20,22-23,33,36H,8-17,19H2,1H3,(H,32,37). The summed E-state index contributed by atoms with van der Waals surface area (Å²) in [6.07, 6.45) is 5.23. The first-order valence-electron chi connectivity index (χ1n) is 14.3. The second-order valence-corrected chi connectivity index (χ2v) is 10.9. The lowest BCUT2D eigenvalue weighted by molar-refractivity contribution is 0.0729. The summed E-state index contributed by atoms with van der Waals surface area (Å²) < 4.78 is 17.3. The molecule has 2 aliphatic heterocycles. The van der Waals surface area contributed by atoms with Gasteiger partial charge in [0, 0.05) is 67.2 Å². The molecule has 6 rings (SSSR count). The van der Waals surface area contributed by atoms with Crippen molar-refractivity contribution < 1.29 is 23.8 Å². The first-order valence-corrected chi connectivity index (χ1v) is 14.3. The first-order chi connectivity index (χ1) is 19.6. The van der Waals surface area contributed by atoms with Crippen LogP contribution in [0.5, 0.6) is 11.5 Å². The largest absolute Gasteiger partial charge is 0.493 e. The third kappa shape index (κ3) is 5.82. The zero-order valence-electron chi connectivity index (χ0n) is 23.0. The number of furan rings is 1. The molecule has 4 aromatic rings. The van der Waals surface area contributed by atoms with Gasteiger partial charge < -0.3 is 39.1 Å². The number of rotatable bonds is 9. The number of para-hydroxylation sites is 1. The van der Waals surface area contributed by atoms with Gasteiger partial charge in [0.2, 0.25) is 0 Å². The number of hydrogen-bond acceptors (Lipinski definition) is 7. The van der Waals surface area contributed by atoms with Crippen molar-refractivity contribution in [2.24, 2.45) is 0 Å². The second kappa shape index (κ2) is 11.9. The van der Waals surface area contributed by atoms with E-state index in [4.69, 9.17) is 13.9 Å². The van der Waals surface area contributed by atoms with Gasteiger partial charge in [0.05, 0.1) is 19.5 Å². The number of ether oxygens (including phenoxy) is 2. The molecule has 0 atom stereocenters. The van der Waals surface area contributed by atoms with Gasteiger partial charge in [-0.1, -0.05) is 18.2 Å². The number of H-pyrrole nitrogens is 1. The van der Waals surface area contributed by atoms with Gasteiger partial charge in [-0.3, -0.25) is 4.79 Å². The number of carbonyl (C=O) groups excluding carboxylic acids is 1. The topological polar surface area (TPSA) is 103 Å². The molecule has 2 aliphatic rings. The number of nitrogens with zero attached hydrogens (tertiary/aromatic N) is 2. The lowest BCUT2D eigenvalue weighted by atomic mass is 10.0. The van der Waals surface area contributed by atoms with Crippen molar-refractivity contribution in [1.82, 2.24) is 20.1 Å². The van der Waals surface area contributed by atoms with Gasteiger partial charge >= 0.3 is 0 Å². The number of aliphatic hydroxyl groups excluding tert-OH is 1. The normalized spacial score (nSPS) is 17.9. The van der Waals surface area contributed by atoms with Crippen LogP contribution >= 0.6 is 0 Å². The first kappa shape index (κ1) is 26.7. The highest BCUT2D eigenvalue weighted by Gasteiger charge is 2.23. The zero-order valence-corrected chi connectivity index (χ0v) is 23.0. The maximum Gasteiger partial charge on any atom is 0.267 e. The molecule has 0 spiro atoms. The summed E-state index contributed by atoms with van der Waals surface area (Å²) in [6, 6.07) is 13.6. The van der Waals surface area contributed by atoms with Crippen molar-refractivity contribution in [2.45, 2.75) is 44.4 Å². The second-order valence-electron chi connectivity index (χ2n) is 10.9. The summed E-state index contributed by atoms with van der Waals surface area (Å²) in [5.74, 6) is 1.32. The Bertz CT molecular complexity index is 1450. The number of carbonyl (C=O) groups is 1. The van der Waals surface area contributed by atoms with Gasteiger partial charge in [-0.15, -0.1) is 0 Å². The maximum absolute atomic E-state index is 13.1. The Morgan fingerprint density at radius 2 is 1.70 bits per heavy atom. The van der Waals surface area contributed by atoms with Gasteiger partial charge in [-0.05, 0) is 49.9 Å². The summed E-state index contributed by atoms with van der Waals surface area (Å²) in [6.45, 7) is 6.38. The van der Waals surface area contributed by atoms with Crippen molar-refractivity contribution in [3.8, 4) is 11.5 Å². The highest BCUT2D eigenvalue weighted by molar-refractivity contribution is 5.99. The Balaban J connectivity index is 1.03. The minimum Gasteiger partial charge on any atom is -0.493 e. The lowest BCUT2D eigenvalue weighted by Gasteiger charge is -2.35. The van der Waals surface area contributed by atoms with Crippen molar-refractivity contribution in [2.75, 3.05) is 46.4 Å². The average molecular weight is 547 g/mol. The molecule has 2 aromatic carbocycles. The zero-order chi connectivity index (χ0) is 27.5. The van der Waals surface area contributed by atoms with Crippen LogP contribution in [-0.2, 0) is 6.61 Å². The summed E-state index contributed by atoms with van der Waals surface area (Å²) >= 11 is 0. The fourth-order valence-corrected chi connectivity index (χ4v) is 5.88. The molecule has 0 saturated carbocycles. The number of methoxy groups -OCH3 is 1. The van der Waals surface area contributed by atoms with Crippen LogP contribution in [0.15, 0.2) is 53.1 Å². The Labute approximate surface area is 234 Å². The SMILES string of the molecule is COc1cccc2c(COc3cccc4[nH]c(C(=O)NC5CCN(CCN6CCC(O)CC6)CC5)cc34)coc12.